The fourth-order valence-corrected chi connectivity index (χ4v) is 2.47. The summed E-state index contributed by atoms with van der Waals surface area (Å²) in [5, 5.41) is 4.46. The number of benzene rings is 1. The highest BCUT2D eigenvalue weighted by molar-refractivity contribution is 9.09. The molecule has 130 valence electrons. The van der Waals surface area contributed by atoms with Crippen molar-refractivity contribution in [2.24, 2.45) is 0 Å². The summed E-state index contributed by atoms with van der Waals surface area (Å²) in [5.74, 6) is 1.01. The Morgan fingerprint density at radius 3 is 2.70 bits per heavy atom. The molecule has 4 nitrogen and oxygen atoms in total. The molecule has 1 heterocycles. The van der Waals surface area contributed by atoms with Crippen LogP contribution in [0.4, 0.5) is 5.69 Å². The van der Waals surface area contributed by atoms with Crippen LogP contribution in [0.15, 0.2) is 18.2 Å². The van der Waals surface area contributed by atoms with E-state index < -0.39 is 0 Å². The van der Waals surface area contributed by atoms with E-state index in [2.05, 4.69) is 44.2 Å². The number of rotatable bonds is 6. The summed E-state index contributed by atoms with van der Waals surface area (Å²) in [6.07, 6.45) is 4.67. The van der Waals surface area contributed by atoms with Crippen molar-refractivity contribution in [3.05, 3.63) is 23.8 Å². The van der Waals surface area contributed by atoms with Gasteiger partial charge in [-0.1, -0.05) is 15.9 Å². The van der Waals surface area contributed by atoms with Crippen LogP contribution in [-0.2, 0) is 16.0 Å². The smallest absolute Gasteiger partial charge is 0.293 e. The lowest BCUT2D eigenvalue weighted by molar-refractivity contribution is -0.138. The van der Waals surface area contributed by atoms with Gasteiger partial charge in [0.15, 0.2) is 0 Å². The first-order valence-electron chi connectivity index (χ1n) is 8.13. The molecule has 0 spiro atoms. The zero-order chi connectivity index (χ0) is 17.1. The molecule has 1 aromatic rings. The molecule has 5 heteroatoms. The molecule has 23 heavy (non-hydrogen) atoms. The number of carbonyl (C=O) groups is 1. The van der Waals surface area contributed by atoms with Crippen molar-refractivity contribution in [3.8, 4) is 5.75 Å². The summed E-state index contributed by atoms with van der Waals surface area (Å²) in [7, 11) is 0. The quantitative estimate of drug-likeness (QED) is 0.443. The number of aryl methyl sites for hydroxylation is 1. The number of nitrogens with one attached hydrogen (secondary N) is 1. The lowest BCUT2D eigenvalue weighted by Gasteiger charge is -2.18. The number of alkyl halides is 1. The SMILES string of the molecule is BrCCCCOc1ccc2c(c1)CCCN2.CC(C)(C)OC=O. The van der Waals surface area contributed by atoms with E-state index in [0.717, 1.165) is 30.7 Å². The minimum atomic E-state index is -0.318. The summed E-state index contributed by atoms with van der Waals surface area (Å²) >= 11 is 3.42. The summed E-state index contributed by atoms with van der Waals surface area (Å²) in [6, 6.07) is 6.37. The zero-order valence-corrected chi connectivity index (χ0v) is 15.9. The van der Waals surface area contributed by atoms with Crippen molar-refractivity contribution in [1.29, 1.82) is 0 Å². The Morgan fingerprint density at radius 1 is 1.30 bits per heavy atom. The van der Waals surface area contributed by atoms with Crippen LogP contribution in [0.3, 0.4) is 0 Å². The van der Waals surface area contributed by atoms with Gasteiger partial charge in [-0.15, -0.1) is 0 Å². The third-order valence-electron chi connectivity index (χ3n) is 3.21. The summed E-state index contributed by atoms with van der Waals surface area (Å²) in [4.78, 5) is 9.60. The molecule has 0 radical (unpaired) electrons. The predicted molar refractivity (Wildman–Crippen MR) is 98.7 cm³/mol. The average molecular weight is 386 g/mol. The van der Waals surface area contributed by atoms with Crippen molar-refractivity contribution < 1.29 is 14.3 Å². The van der Waals surface area contributed by atoms with Crippen LogP contribution >= 0.6 is 15.9 Å². The van der Waals surface area contributed by atoms with Gasteiger partial charge in [-0.05, 0) is 70.2 Å². The maximum Gasteiger partial charge on any atom is 0.293 e. The largest absolute Gasteiger partial charge is 0.494 e. The normalized spacial score (nSPS) is 13.0. The van der Waals surface area contributed by atoms with Crippen molar-refractivity contribution in [3.63, 3.8) is 0 Å². The van der Waals surface area contributed by atoms with Crippen LogP contribution in [0, 0.1) is 0 Å². The molecule has 0 amide bonds. The van der Waals surface area contributed by atoms with E-state index in [0.29, 0.717) is 6.47 Å². The highest BCUT2D eigenvalue weighted by Gasteiger charge is 2.09. The number of hydrogen-bond donors (Lipinski definition) is 1. The molecule has 0 fully saturated rings. The van der Waals surface area contributed by atoms with E-state index in [1.165, 1.54) is 30.5 Å². The van der Waals surface area contributed by atoms with Crippen LogP contribution in [0.25, 0.3) is 0 Å². The van der Waals surface area contributed by atoms with E-state index in [9.17, 15) is 4.79 Å². The number of unbranched alkanes of at least 4 members (excludes halogenated alkanes) is 1. The molecule has 0 aromatic heterocycles. The minimum absolute atomic E-state index is 0.318. The Labute approximate surface area is 148 Å². The number of fused-ring (bicyclic) bond motifs is 1. The number of anilines is 1. The van der Waals surface area contributed by atoms with Gasteiger partial charge < -0.3 is 14.8 Å². The Hall–Kier alpha value is -1.23. The molecule has 0 bridgehead atoms. The van der Waals surface area contributed by atoms with E-state index >= 15 is 0 Å². The second kappa shape index (κ2) is 10.5. The molecule has 2 rings (SSSR count). The number of carbonyl (C=O) groups excluding carboxylic acids is 1. The van der Waals surface area contributed by atoms with E-state index in [1.54, 1.807) is 0 Å². The van der Waals surface area contributed by atoms with Gasteiger partial charge in [0.2, 0.25) is 0 Å². The van der Waals surface area contributed by atoms with Crippen molar-refractivity contribution in [2.45, 2.75) is 52.1 Å². The molecule has 1 N–H and O–H groups in total. The van der Waals surface area contributed by atoms with Gasteiger partial charge in [-0.25, -0.2) is 0 Å². The third-order valence-corrected chi connectivity index (χ3v) is 3.77. The maximum atomic E-state index is 9.60. The summed E-state index contributed by atoms with van der Waals surface area (Å²) in [5.41, 5.74) is 2.35. The van der Waals surface area contributed by atoms with E-state index in [4.69, 9.17) is 4.74 Å². The molecule has 0 saturated heterocycles. The molecule has 0 unspecified atom stereocenters. The van der Waals surface area contributed by atoms with Gasteiger partial charge >= 0.3 is 0 Å². The fraction of sp³-hybridized carbons (Fsp3) is 0.611. The average Bonchev–Trinajstić information content (AvgIpc) is 2.51. The first kappa shape index (κ1) is 19.8. The number of hydrogen-bond acceptors (Lipinski definition) is 4. The van der Waals surface area contributed by atoms with Gasteiger partial charge in [-0.2, -0.15) is 0 Å². The Bertz CT molecular complexity index is 472. The highest BCUT2D eigenvalue weighted by Crippen LogP contribution is 2.26. The minimum Gasteiger partial charge on any atom is -0.494 e. The highest BCUT2D eigenvalue weighted by atomic mass is 79.9. The Balaban J connectivity index is 0.000000322. The summed E-state index contributed by atoms with van der Waals surface area (Å²) in [6.45, 7) is 7.83. The Kier molecular flexibility index (Phi) is 9.07. The van der Waals surface area contributed by atoms with Crippen LogP contribution in [0.1, 0.15) is 45.6 Å². The number of halogens is 1. The maximum absolute atomic E-state index is 9.60. The second-order valence-electron chi connectivity index (χ2n) is 6.42. The molecule has 1 aliphatic heterocycles. The standard InChI is InChI=1S/C13H18BrNO.C5H10O2/c14-7-1-2-9-16-12-5-6-13-11(10-12)4-3-8-15-13;1-5(2,3)7-4-6/h5-6,10,15H,1-4,7-9H2;4H,1-3H3. The molecule has 1 aliphatic rings. The van der Waals surface area contributed by atoms with Gasteiger partial charge in [0.25, 0.3) is 6.47 Å². The molecular weight excluding hydrogens is 358 g/mol. The second-order valence-corrected chi connectivity index (χ2v) is 7.21. The topological polar surface area (TPSA) is 47.6 Å². The lowest BCUT2D eigenvalue weighted by atomic mass is 10.0. The molecule has 0 atom stereocenters. The van der Waals surface area contributed by atoms with Crippen LogP contribution in [0.5, 0.6) is 5.75 Å². The van der Waals surface area contributed by atoms with Crippen LogP contribution in [-0.4, -0.2) is 30.6 Å². The van der Waals surface area contributed by atoms with Gasteiger partial charge in [0, 0.05) is 17.6 Å². The van der Waals surface area contributed by atoms with Crippen molar-refractivity contribution in [1.82, 2.24) is 0 Å². The first-order valence-corrected chi connectivity index (χ1v) is 9.25. The Morgan fingerprint density at radius 2 is 2.09 bits per heavy atom. The fourth-order valence-electron chi connectivity index (χ4n) is 2.07. The van der Waals surface area contributed by atoms with Crippen LogP contribution in [0.2, 0.25) is 0 Å². The first-order chi connectivity index (χ1) is 11.0. The molecule has 0 aliphatic carbocycles. The van der Waals surface area contributed by atoms with Crippen molar-refractivity contribution >= 4 is 28.1 Å². The predicted octanol–water partition coefficient (Wildman–Crippen LogP) is 4.56. The van der Waals surface area contributed by atoms with Gasteiger partial charge in [-0.3, -0.25) is 4.79 Å². The molecule has 0 saturated carbocycles. The van der Waals surface area contributed by atoms with E-state index in [-0.39, 0.29) is 5.60 Å². The monoisotopic (exact) mass is 385 g/mol. The summed E-state index contributed by atoms with van der Waals surface area (Å²) < 4.78 is 10.3. The van der Waals surface area contributed by atoms with Gasteiger partial charge in [0.05, 0.1) is 6.61 Å². The lowest BCUT2D eigenvalue weighted by Crippen LogP contribution is -2.17. The molecule has 1 aromatic carbocycles. The molecular formula is C18H28BrNO3. The van der Waals surface area contributed by atoms with E-state index in [1.807, 2.05) is 20.8 Å². The van der Waals surface area contributed by atoms with Crippen LogP contribution < -0.4 is 10.1 Å². The zero-order valence-electron chi connectivity index (χ0n) is 14.4. The third kappa shape index (κ3) is 8.84. The van der Waals surface area contributed by atoms with Gasteiger partial charge in [0.1, 0.15) is 11.4 Å². The number of ether oxygens (including phenoxy) is 2. The van der Waals surface area contributed by atoms with Crippen molar-refractivity contribution in [2.75, 3.05) is 23.8 Å².